The van der Waals surface area contributed by atoms with Gasteiger partial charge in [-0.05, 0) is 61.4 Å². The minimum atomic E-state index is -4.14. The molecule has 1 N–H and O–H groups in total. The van der Waals surface area contributed by atoms with Gasteiger partial charge in [-0.25, -0.2) is 16.8 Å². The minimum absolute atomic E-state index is 0.0143. The molecule has 3 aromatic rings. The maximum Gasteiger partial charge on any atom is 0.264 e. The van der Waals surface area contributed by atoms with Crippen molar-refractivity contribution >= 4 is 54.7 Å². The molecular weight excluding hydrogens is 543 g/mol. The highest BCUT2D eigenvalue weighted by atomic mass is 35.5. The second-order valence-electron chi connectivity index (χ2n) is 8.32. The highest BCUT2D eigenvalue weighted by Crippen LogP contribution is 2.30. The van der Waals surface area contributed by atoms with Crippen molar-refractivity contribution in [2.45, 2.75) is 36.1 Å². The van der Waals surface area contributed by atoms with E-state index < -0.39 is 38.4 Å². The maximum atomic E-state index is 13.6. The number of benzene rings is 3. The number of carbonyl (C=O) groups excluding carboxylic acids is 1. The number of anilines is 1. The molecule has 0 aromatic heterocycles. The Morgan fingerprint density at radius 1 is 0.889 bits per heavy atom. The first-order valence-electron chi connectivity index (χ1n) is 11.0. The fourth-order valence-electron chi connectivity index (χ4n) is 3.57. The molecule has 1 unspecified atom stereocenters. The van der Waals surface area contributed by atoms with Crippen molar-refractivity contribution in [1.82, 2.24) is 5.32 Å². The normalized spacial score (nSPS) is 12.7. The molecule has 11 heteroatoms. The molecule has 36 heavy (non-hydrogen) atoms. The van der Waals surface area contributed by atoms with Gasteiger partial charge in [0.25, 0.3) is 10.0 Å². The summed E-state index contributed by atoms with van der Waals surface area (Å²) >= 11 is 12.3. The zero-order chi connectivity index (χ0) is 26.7. The third-order valence-electron chi connectivity index (χ3n) is 5.49. The molecule has 7 nitrogen and oxygen atoms in total. The molecule has 3 rings (SSSR count). The summed E-state index contributed by atoms with van der Waals surface area (Å²) in [5.41, 5.74) is 1.72. The van der Waals surface area contributed by atoms with Gasteiger partial charge >= 0.3 is 0 Å². The van der Waals surface area contributed by atoms with Crippen LogP contribution in [0.5, 0.6) is 0 Å². The number of sulfone groups is 1. The van der Waals surface area contributed by atoms with Crippen LogP contribution in [0.25, 0.3) is 0 Å². The number of hydrogen-bond acceptors (Lipinski definition) is 5. The first-order chi connectivity index (χ1) is 16.8. The zero-order valence-electron chi connectivity index (χ0n) is 19.9. The Balaban J connectivity index is 1.92. The zero-order valence-corrected chi connectivity index (χ0v) is 23.0. The van der Waals surface area contributed by atoms with E-state index in [1.165, 1.54) is 42.5 Å². The Morgan fingerprint density at radius 2 is 1.42 bits per heavy atom. The maximum absolute atomic E-state index is 13.6. The molecule has 0 aliphatic rings. The van der Waals surface area contributed by atoms with Crippen LogP contribution in [-0.4, -0.2) is 35.5 Å². The third kappa shape index (κ3) is 6.79. The fourth-order valence-corrected chi connectivity index (χ4v) is 6.12. The Bertz CT molecular complexity index is 1440. The largest absolute Gasteiger partial charge is 0.348 e. The average molecular weight is 570 g/mol. The van der Waals surface area contributed by atoms with Crippen molar-refractivity contribution in [3.63, 3.8) is 0 Å². The molecule has 1 atom stereocenters. The van der Waals surface area contributed by atoms with Crippen LogP contribution in [0.3, 0.4) is 0 Å². The van der Waals surface area contributed by atoms with Crippen LogP contribution < -0.4 is 9.62 Å². The topological polar surface area (TPSA) is 101 Å². The SMILES string of the molecule is CCC(NC(=O)CN(c1cc(Cl)cc(Cl)c1)S(=O)(=O)c1ccc(C)cc1)c1ccc(S(C)(=O)=O)cc1. The second-order valence-corrected chi connectivity index (χ2v) is 13.1. The highest BCUT2D eigenvalue weighted by molar-refractivity contribution is 7.93. The van der Waals surface area contributed by atoms with Gasteiger partial charge in [-0.1, -0.05) is 60.0 Å². The smallest absolute Gasteiger partial charge is 0.264 e. The van der Waals surface area contributed by atoms with Gasteiger partial charge in [0.05, 0.1) is 21.5 Å². The van der Waals surface area contributed by atoms with E-state index in [1.54, 1.807) is 24.3 Å². The van der Waals surface area contributed by atoms with Crippen LogP contribution in [0.4, 0.5) is 5.69 Å². The van der Waals surface area contributed by atoms with Gasteiger partial charge in [-0.3, -0.25) is 9.10 Å². The predicted octanol–water partition coefficient (Wildman–Crippen LogP) is 5.17. The van der Waals surface area contributed by atoms with Crippen LogP contribution >= 0.6 is 23.2 Å². The summed E-state index contributed by atoms with van der Waals surface area (Å²) in [4.78, 5) is 13.3. The van der Waals surface area contributed by atoms with Gasteiger partial charge < -0.3 is 5.32 Å². The predicted molar refractivity (Wildman–Crippen MR) is 143 cm³/mol. The quantitative estimate of drug-likeness (QED) is 0.383. The summed E-state index contributed by atoms with van der Waals surface area (Å²) < 4.78 is 51.6. The van der Waals surface area contributed by atoms with E-state index >= 15 is 0 Å². The Kier molecular flexibility index (Phi) is 8.71. The number of nitrogens with one attached hydrogen (secondary N) is 1. The molecule has 0 fully saturated rings. The van der Waals surface area contributed by atoms with Crippen LogP contribution in [0, 0.1) is 6.92 Å². The van der Waals surface area contributed by atoms with Gasteiger partial charge in [0.15, 0.2) is 9.84 Å². The molecule has 1 amide bonds. The van der Waals surface area contributed by atoms with Gasteiger partial charge in [0.1, 0.15) is 6.54 Å². The number of sulfonamides is 1. The summed E-state index contributed by atoms with van der Waals surface area (Å²) in [6.45, 7) is 3.17. The van der Waals surface area contributed by atoms with E-state index in [0.29, 0.717) is 12.0 Å². The van der Waals surface area contributed by atoms with Crippen LogP contribution in [0.2, 0.25) is 10.0 Å². The van der Waals surface area contributed by atoms with Crippen molar-refractivity contribution in [3.8, 4) is 0 Å². The molecule has 0 bridgehead atoms. The summed E-state index contributed by atoms with van der Waals surface area (Å²) in [6.07, 6.45) is 1.62. The van der Waals surface area contributed by atoms with E-state index in [4.69, 9.17) is 23.2 Å². The number of nitrogens with zero attached hydrogens (tertiary/aromatic N) is 1. The lowest BCUT2D eigenvalue weighted by Crippen LogP contribution is -2.42. The monoisotopic (exact) mass is 568 g/mol. The molecule has 0 aliphatic heterocycles. The average Bonchev–Trinajstić information content (AvgIpc) is 2.80. The van der Waals surface area contributed by atoms with Crippen molar-refractivity contribution in [3.05, 3.63) is 87.9 Å². The molecule has 192 valence electrons. The third-order valence-corrected chi connectivity index (χ3v) is 8.84. The number of hydrogen-bond donors (Lipinski definition) is 1. The van der Waals surface area contributed by atoms with E-state index in [2.05, 4.69) is 5.32 Å². The molecule has 0 radical (unpaired) electrons. The summed E-state index contributed by atoms with van der Waals surface area (Å²) in [6, 6.07) is 16.3. The van der Waals surface area contributed by atoms with Crippen LogP contribution in [-0.2, 0) is 24.7 Å². The molecule has 0 saturated heterocycles. The number of halogens is 2. The van der Waals surface area contributed by atoms with Gasteiger partial charge in [0.2, 0.25) is 5.91 Å². The van der Waals surface area contributed by atoms with E-state index in [-0.39, 0.29) is 25.5 Å². The first kappa shape index (κ1) is 28.0. The standard InChI is InChI=1S/C25H26Cl2N2O5S2/c1-4-24(18-7-11-22(12-8-18)35(3,31)32)28-25(30)16-29(21-14-19(26)13-20(27)15-21)36(33,34)23-9-5-17(2)6-10-23/h5-15,24H,4,16H2,1-3H3,(H,28,30). The van der Waals surface area contributed by atoms with Crippen molar-refractivity contribution in [1.29, 1.82) is 0 Å². The summed E-state index contributed by atoms with van der Waals surface area (Å²) in [5.74, 6) is -0.555. The molecule has 3 aromatic carbocycles. The van der Waals surface area contributed by atoms with Crippen molar-refractivity contribution in [2.75, 3.05) is 17.1 Å². The lowest BCUT2D eigenvalue weighted by Gasteiger charge is -2.26. The highest BCUT2D eigenvalue weighted by Gasteiger charge is 2.28. The van der Waals surface area contributed by atoms with E-state index in [0.717, 1.165) is 16.1 Å². The van der Waals surface area contributed by atoms with Crippen LogP contribution in [0.15, 0.2) is 76.5 Å². The van der Waals surface area contributed by atoms with Gasteiger partial charge in [0, 0.05) is 16.3 Å². The lowest BCUT2D eigenvalue weighted by molar-refractivity contribution is -0.120. The molecule has 0 aliphatic carbocycles. The summed E-state index contributed by atoms with van der Waals surface area (Å²) in [5, 5.41) is 3.29. The first-order valence-corrected chi connectivity index (χ1v) is 15.0. The van der Waals surface area contributed by atoms with Crippen molar-refractivity contribution < 1.29 is 21.6 Å². The Labute approximate surface area is 222 Å². The van der Waals surface area contributed by atoms with Crippen molar-refractivity contribution in [2.24, 2.45) is 0 Å². The molecular formula is C25H26Cl2N2O5S2. The summed E-state index contributed by atoms with van der Waals surface area (Å²) in [7, 11) is -7.50. The minimum Gasteiger partial charge on any atom is -0.348 e. The Hall–Kier alpha value is -2.59. The molecule has 0 spiro atoms. The Morgan fingerprint density at radius 3 is 1.92 bits per heavy atom. The van der Waals surface area contributed by atoms with E-state index in [1.807, 2.05) is 13.8 Å². The van der Waals surface area contributed by atoms with Gasteiger partial charge in [-0.2, -0.15) is 0 Å². The van der Waals surface area contributed by atoms with E-state index in [9.17, 15) is 21.6 Å². The second kappa shape index (κ2) is 11.2. The number of aryl methyl sites for hydroxylation is 1. The number of carbonyl (C=O) groups is 1. The van der Waals surface area contributed by atoms with Gasteiger partial charge in [-0.15, -0.1) is 0 Å². The fraction of sp³-hybridized carbons (Fsp3) is 0.240. The van der Waals surface area contributed by atoms with Crippen LogP contribution in [0.1, 0.15) is 30.5 Å². The molecule has 0 heterocycles. The number of amides is 1. The lowest BCUT2D eigenvalue weighted by atomic mass is 10.0. The number of rotatable bonds is 9. The molecule has 0 saturated carbocycles.